The summed E-state index contributed by atoms with van der Waals surface area (Å²) >= 11 is 1.22. The van der Waals surface area contributed by atoms with Crippen LogP contribution < -0.4 is 20.3 Å². The van der Waals surface area contributed by atoms with Crippen molar-refractivity contribution in [2.45, 2.75) is 20.1 Å². The number of thiophene rings is 1. The van der Waals surface area contributed by atoms with E-state index in [9.17, 15) is 9.59 Å². The van der Waals surface area contributed by atoms with Crippen molar-refractivity contribution in [1.29, 1.82) is 0 Å². The summed E-state index contributed by atoms with van der Waals surface area (Å²) in [6, 6.07) is 15.5. The maximum absolute atomic E-state index is 12.8. The van der Waals surface area contributed by atoms with Crippen LogP contribution in [0.15, 0.2) is 59.7 Å². The molecule has 4 rings (SSSR count). The molecule has 0 aliphatic rings. The molecule has 164 valence electrons. The molecule has 0 bridgehead atoms. The lowest BCUT2D eigenvalue weighted by atomic mass is 10.2. The van der Waals surface area contributed by atoms with E-state index in [1.807, 2.05) is 48.5 Å². The number of carbonyl (C=O) groups is 1. The Morgan fingerprint density at radius 3 is 2.66 bits per heavy atom. The number of ether oxygens (including phenoxy) is 2. The molecule has 0 aliphatic heterocycles. The SMILES string of the molecule is COc1cc(CNC(=O)c2sc3ncn(C)c(=O)c3c2C)ccc1OCc1ccccc1. The van der Waals surface area contributed by atoms with E-state index in [2.05, 4.69) is 10.3 Å². The lowest BCUT2D eigenvalue weighted by Crippen LogP contribution is -2.23. The maximum atomic E-state index is 12.8. The zero-order chi connectivity index (χ0) is 22.7. The van der Waals surface area contributed by atoms with Crippen LogP contribution in [-0.2, 0) is 20.2 Å². The standard InChI is InChI=1S/C24H23N3O4S/c1-15-20-23(26-14-27(2)24(20)29)32-21(15)22(28)25-12-17-9-10-18(19(11-17)30-3)31-13-16-7-5-4-6-8-16/h4-11,14H,12-13H2,1-3H3,(H,25,28). The molecule has 0 unspecified atom stereocenters. The van der Waals surface area contributed by atoms with Gasteiger partial charge in [-0.1, -0.05) is 36.4 Å². The van der Waals surface area contributed by atoms with Gasteiger partial charge in [0, 0.05) is 13.6 Å². The van der Waals surface area contributed by atoms with Gasteiger partial charge < -0.3 is 19.4 Å². The average molecular weight is 450 g/mol. The summed E-state index contributed by atoms with van der Waals surface area (Å²) in [5.41, 5.74) is 2.43. The number of nitrogens with one attached hydrogen (secondary N) is 1. The molecule has 4 aromatic rings. The Kier molecular flexibility index (Phi) is 6.23. The van der Waals surface area contributed by atoms with Crippen LogP contribution in [0, 0.1) is 6.92 Å². The summed E-state index contributed by atoms with van der Waals surface area (Å²) in [7, 11) is 3.23. The van der Waals surface area contributed by atoms with E-state index in [4.69, 9.17) is 9.47 Å². The molecule has 1 N–H and O–H groups in total. The van der Waals surface area contributed by atoms with Gasteiger partial charge in [-0.2, -0.15) is 0 Å². The summed E-state index contributed by atoms with van der Waals surface area (Å²) in [5, 5.41) is 3.41. The highest BCUT2D eigenvalue weighted by Crippen LogP contribution is 2.29. The molecule has 0 atom stereocenters. The van der Waals surface area contributed by atoms with Gasteiger partial charge in [-0.05, 0) is 35.7 Å². The van der Waals surface area contributed by atoms with E-state index in [-0.39, 0.29) is 11.5 Å². The average Bonchev–Trinajstić information content (AvgIpc) is 3.16. The number of nitrogens with zero attached hydrogens (tertiary/aromatic N) is 2. The summed E-state index contributed by atoms with van der Waals surface area (Å²) in [6.07, 6.45) is 1.47. The van der Waals surface area contributed by atoms with Crippen LogP contribution >= 0.6 is 11.3 Å². The molecule has 2 heterocycles. The molecule has 0 aliphatic carbocycles. The molecular formula is C24H23N3O4S. The number of methoxy groups -OCH3 is 1. The van der Waals surface area contributed by atoms with Crippen LogP contribution in [0.1, 0.15) is 26.4 Å². The van der Waals surface area contributed by atoms with Crippen molar-refractivity contribution in [2.24, 2.45) is 7.05 Å². The van der Waals surface area contributed by atoms with Crippen molar-refractivity contribution in [3.8, 4) is 11.5 Å². The first-order chi connectivity index (χ1) is 15.5. The van der Waals surface area contributed by atoms with E-state index in [1.165, 1.54) is 22.2 Å². The fourth-order valence-corrected chi connectivity index (χ4v) is 4.42. The first-order valence-electron chi connectivity index (χ1n) is 10.0. The Hall–Kier alpha value is -3.65. The van der Waals surface area contributed by atoms with E-state index < -0.39 is 0 Å². The molecular weight excluding hydrogens is 426 g/mol. The van der Waals surface area contributed by atoms with Crippen molar-refractivity contribution in [2.75, 3.05) is 7.11 Å². The van der Waals surface area contributed by atoms with E-state index in [1.54, 1.807) is 21.1 Å². The Morgan fingerprint density at radius 2 is 1.91 bits per heavy atom. The summed E-state index contributed by atoms with van der Waals surface area (Å²) in [6.45, 7) is 2.53. The Labute approximate surface area is 189 Å². The second-order valence-electron chi connectivity index (χ2n) is 7.34. The Balaban J connectivity index is 1.46. The third-order valence-electron chi connectivity index (χ3n) is 5.14. The highest BCUT2D eigenvalue weighted by atomic mass is 32.1. The van der Waals surface area contributed by atoms with Crippen molar-refractivity contribution in [3.63, 3.8) is 0 Å². The molecule has 0 fully saturated rings. The number of benzene rings is 2. The summed E-state index contributed by atoms with van der Waals surface area (Å²) in [4.78, 5) is 30.5. The molecule has 0 spiro atoms. The van der Waals surface area contributed by atoms with Crippen LogP contribution in [0.3, 0.4) is 0 Å². The largest absolute Gasteiger partial charge is 0.493 e. The van der Waals surface area contributed by atoms with E-state index in [0.29, 0.717) is 45.3 Å². The van der Waals surface area contributed by atoms with Gasteiger partial charge in [0.15, 0.2) is 11.5 Å². The highest BCUT2D eigenvalue weighted by molar-refractivity contribution is 7.20. The van der Waals surface area contributed by atoms with Gasteiger partial charge >= 0.3 is 0 Å². The molecule has 1 amide bonds. The van der Waals surface area contributed by atoms with Gasteiger partial charge in [-0.3, -0.25) is 9.59 Å². The first kappa shape index (κ1) is 21.6. The summed E-state index contributed by atoms with van der Waals surface area (Å²) < 4.78 is 12.8. The molecule has 2 aromatic heterocycles. The van der Waals surface area contributed by atoms with Gasteiger partial charge in [0.05, 0.1) is 23.7 Å². The number of fused-ring (bicyclic) bond motifs is 1. The van der Waals surface area contributed by atoms with Gasteiger partial charge in [0.1, 0.15) is 11.4 Å². The van der Waals surface area contributed by atoms with Gasteiger partial charge in [0.2, 0.25) is 0 Å². The minimum absolute atomic E-state index is 0.154. The van der Waals surface area contributed by atoms with Crippen LogP contribution in [0.4, 0.5) is 0 Å². The normalized spacial score (nSPS) is 10.8. The third-order valence-corrected chi connectivity index (χ3v) is 6.33. The molecule has 8 heteroatoms. The summed E-state index contributed by atoms with van der Waals surface area (Å²) in [5.74, 6) is 0.989. The number of aryl methyl sites for hydroxylation is 2. The molecule has 2 aromatic carbocycles. The van der Waals surface area contributed by atoms with E-state index >= 15 is 0 Å². The lowest BCUT2D eigenvalue weighted by molar-refractivity contribution is 0.0954. The van der Waals surface area contributed by atoms with Crippen molar-refractivity contribution < 1.29 is 14.3 Å². The van der Waals surface area contributed by atoms with Crippen molar-refractivity contribution in [3.05, 3.63) is 86.8 Å². The molecule has 32 heavy (non-hydrogen) atoms. The fraction of sp³-hybridized carbons (Fsp3) is 0.208. The third kappa shape index (κ3) is 4.36. The van der Waals surface area contributed by atoms with Crippen molar-refractivity contribution in [1.82, 2.24) is 14.9 Å². The minimum Gasteiger partial charge on any atom is -0.493 e. The Bertz CT molecular complexity index is 1330. The smallest absolute Gasteiger partial charge is 0.262 e. The quantitative estimate of drug-likeness (QED) is 0.464. The van der Waals surface area contributed by atoms with Gasteiger partial charge in [0.25, 0.3) is 11.5 Å². The number of carbonyl (C=O) groups excluding carboxylic acids is 1. The zero-order valence-corrected chi connectivity index (χ0v) is 18.9. The molecule has 0 saturated heterocycles. The number of hydrogen-bond acceptors (Lipinski definition) is 6. The van der Waals surface area contributed by atoms with Gasteiger partial charge in [-0.25, -0.2) is 4.98 Å². The molecule has 0 saturated carbocycles. The predicted molar refractivity (Wildman–Crippen MR) is 125 cm³/mol. The number of hydrogen-bond donors (Lipinski definition) is 1. The Morgan fingerprint density at radius 1 is 1.12 bits per heavy atom. The van der Waals surface area contributed by atoms with Crippen LogP contribution in [-0.4, -0.2) is 22.6 Å². The first-order valence-corrected chi connectivity index (χ1v) is 10.9. The van der Waals surface area contributed by atoms with Crippen LogP contribution in [0.25, 0.3) is 10.2 Å². The second-order valence-corrected chi connectivity index (χ2v) is 8.34. The number of rotatable bonds is 7. The zero-order valence-electron chi connectivity index (χ0n) is 18.0. The minimum atomic E-state index is -0.240. The predicted octanol–water partition coefficient (Wildman–Crippen LogP) is 3.82. The number of aromatic nitrogens is 2. The lowest BCUT2D eigenvalue weighted by Gasteiger charge is -2.13. The van der Waals surface area contributed by atoms with Crippen molar-refractivity contribution >= 4 is 27.5 Å². The van der Waals surface area contributed by atoms with Crippen LogP contribution in [0.2, 0.25) is 0 Å². The monoisotopic (exact) mass is 449 g/mol. The number of amides is 1. The fourth-order valence-electron chi connectivity index (χ4n) is 3.36. The van der Waals surface area contributed by atoms with E-state index in [0.717, 1.165) is 11.1 Å². The second kappa shape index (κ2) is 9.23. The van der Waals surface area contributed by atoms with Gasteiger partial charge in [-0.15, -0.1) is 11.3 Å². The highest BCUT2D eigenvalue weighted by Gasteiger charge is 2.19. The molecule has 7 nitrogen and oxygen atoms in total. The molecule has 0 radical (unpaired) electrons. The maximum Gasteiger partial charge on any atom is 0.262 e. The van der Waals surface area contributed by atoms with Crippen LogP contribution in [0.5, 0.6) is 11.5 Å². The topological polar surface area (TPSA) is 82.5 Å².